The van der Waals surface area contributed by atoms with Gasteiger partial charge in [0, 0.05) is 25.6 Å². The SMILES string of the molecule is Cc1ccccc1C1CN(CC2CCc3ncnn32)C(C)CO1. The third kappa shape index (κ3) is 2.79. The summed E-state index contributed by atoms with van der Waals surface area (Å²) in [7, 11) is 0. The normalized spacial score (nSPS) is 28.0. The lowest BCUT2D eigenvalue weighted by Crippen LogP contribution is -2.47. The number of aryl methyl sites for hydroxylation is 2. The van der Waals surface area contributed by atoms with Gasteiger partial charge in [0.15, 0.2) is 0 Å². The molecule has 3 atom stereocenters. The van der Waals surface area contributed by atoms with Gasteiger partial charge in [0.2, 0.25) is 0 Å². The Morgan fingerprint density at radius 3 is 3.04 bits per heavy atom. The molecular formula is C18H24N4O. The molecule has 0 spiro atoms. The van der Waals surface area contributed by atoms with Gasteiger partial charge in [0.25, 0.3) is 0 Å². The van der Waals surface area contributed by atoms with Crippen LogP contribution in [0.1, 0.15) is 42.4 Å². The molecule has 0 amide bonds. The van der Waals surface area contributed by atoms with Crippen molar-refractivity contribution in [2.75, 3.05) is 19.7 Å². The minimum absolute atomic E-state index is 0.170. The minimum Gasteiger partial charge on any atom is -0.371 e. The molecule has 3 unspecified atom stereocenters. The predicted molar refractivity (Wildman–Crippen MR) is 88.3 cm³/mol. The summed E-state index contributed by atoms with van der Waals surface area (Å²) in [6.45, 7) is 7.19. The Bertz CT molecular complexity index is 683. The lowest BCUT2D eigenvalue weighted by Gasteiger charge is -2.39. The fourth-order valence-electron chi connectivity index (χ4n) is 3.81. The Balaban J connectivity index is 1.49. The highest BCUT2D eigenvalue weighted by molar-refractivity contribution is 5.28. The average molecular weight is 312 g/mol. The molecule has 2 aromatic rings. The van der Waals surface area contributed by atoms with Crippen LogP contribution in [0.15, 0.2) is 30.6 Å². The van der Waals surface area contributed by atoms with Gasteiger partial charge >= 0.3 is 0 Å². The zero-order chi connectivity index (χ0) is 15.8. The van der Waals surface area contributed by atoms with Crippen LogP contribution in [0.2, 0.25) is 0 Å². The van der Waals surface area contributed by atoms with Gasteiger partial charge in [-0.1, -0.05) is 24.3 Å². The van der Waals surface area contributed by atoms with Crippen LogP contribution >= 0.6 is 0 Å². The van der Waals surface area contributed by atoms with Crippen LogP contribution < -0.4 is 0 Å². The molecule has 2 aliphatic heterocycles. The molecule has 3 heterocycles. The average Bonchev–Trinajstić information content (AvgIpc) is 3.15. The predicted octanol–water partition coefficient (Wildman–Crippen LogP) is 2.54. The summed E-state index contributed by atoms with van der Waals surface area (Å²) in [6.07, 6.45) is 4.05. The van der Waals surface area contributed by atoms with Gasteiger partial charge in [0.05, 0.1) is 18.8 Å². The first-order valence-electron chi connectivity index (χ1n) is 8.52. The Labute approximate surface area is 137 Å². The molecule has 1 fully saturated rings. The number of rotatable bonds is 3. The zero-order valence-electron chi connectivity index (χ0n) is 13.9. The van der Waals surface area contributed by atoms with Gasteiger partial charge in [-0.15, -0.1) is 0 Å². The van der Waals surface area contributed by atoms with E-state index in [1.165, 1.54) is 11.1 Å². The first-order chi connectivity index (χ1) is 11.2. The number of ether oxygens (including phenoxy) is 1. The zero-order valence-corrected chi connectivity index (χ0v) is 13.9. The maximum atomic E-state index is 6.13. The van der Waals surface area contributed by atoms with Crippen LogP contribution in [0.3, 0.4) is 0 Å². The van der Waals surface area contributed by atoms with Crippen LogP contribution in [-0.2, 0) is 11.2 Å². The topological polar surface area (TPSA) is 43.2 Å². The maximum absolute atomic E-state index is 6.13. The highest BCUT2D eigenvalue weighted by Crippen LogP contribution is 2.30. The molecule has 1 aromatic heterocycles. The molecule has 0 N–H and O–H groups in total. The van der Waals surface area contributed by atoms with Gasteiger partial charge in [-0.2, -0.15) is 5.10 Å². The molecule has 23 heavy (non-hydrogen) atoms. The van der Waals surface area contributed by atoms with Crippen molar-refractivity contribution in [1.29, 1.82) is 0 Å². The second-order valence-electron chi connectivity index (χ2n) is 6.79. The van der Waals surface area contributed by atoms with Gasteiger partial charge in [-0.25, -0.2) is 9.67 Å². The number of hydrogen-bond acceptors (Lipinski definition) is 4. The largest absolute Gasteiger partial charge is 0.371 e. The van der Waals surface area contributed by atoms with Crippen molar-refractivity contribution in [3.63, 3.8) is 0 Å². The number of benzene rings is 1. The lowest BCUT2D eigenvalue weighted by atomic mass is 10.0. The van der Waals surface area contributed by atoms with E-state index in [2.05, 4.69) is 57.8 Å². The number of hydrogen-bond donors (Lipinski definition) is 0. The molecule has 0 radical (unpaired) electrons. The second kappa shape index (κ2) is 6.06. The Morgan fingerprint density at radius 2 is 2.17 bits per heavy atom. The van der Waals surface area contributed by atoms with E-state index in [0.717, 1.165) is 38.4 Å². The maximum Gasteiger partial charge on any atom is 0.138 e. The third-order valence-electron chi connectivity index (χ3n) is 5.24. The smallest absolute Gasteiger partial charge is 0.138 e. The molecular weight excluding hydrogens is 288 g/mol. The number of aromatic nitrogens is 3. The molecule has 5 nitrogen and oxygen atoms in total. The van der Waals surface area contributed by atoms with E-state index in [4.69, 9.17) is 4.74 Å². The van der Waals surface area contributed by atoms with Crippen molar-refractivity contribution in [3.05, 3.63) is 47.5 Å². The Morgan fingerprint density at radius 1 is 1.30 bits per heavy atom. The molecule has 0 bridgehead atoms. The van der Waals surface area contributed by atoms with Crippen LogP contribution in [0, 0.1) is 6.92 Å². The lowest BCUT2D eigenvalue weighted by molar-refractivity contribution is -0.0642. The van der Waals surface area contributed by atoms with Gasteiger partial charge in [-0.05, 0) is 31.4 Å². The molecule has 5 heteroatoms. The number of morpholine rings is 1. The first-order valence-corrected chi connectivity index (χ1v) is 8.52. The first kappa shape index (κ1) is 14.8. The summed E-state index contributed by atoms with van der Waals surface area (Å²) in [5.41, 5.74) is 2.63. The molecule has 0 aliphatic carbocycles. The molecule has 2 aliphatic rings. The molecule has 122 valence electrons. The Hall–Kier alpha value is -1.72. The van der Waals surface area contributed by atoms with Crippen LogP contribution in [0.25, 0.3) is 0 Å². The van der Waals surface area contributed by atoms with E-state index in [1.54, 1.807) is 6.33 Å². The van der Waals surface area contributed by atoms with E-state index in [0.29, 0.717) is 12.1 Å². The summed E-state index contributed by atoms with van der Waals surface area (Å²) >= 11 is 0. The van der Waals surface area contributed by atoms with Gasteiger partial charge < -0.3 is 4.74 Å². The summed E-state index contributed by atoms with van der Waals surface area (Å²) in [4.78, 5) is 6.90. The van der Waals surface area contributed by atoms with Crippen LogP contribution in [0.5, 0.6) is 0 Å². The van der Waals surface area contributed by atoms with E-state index < -0.39 is 0 Å². The quantitative estimate of drug-likeness (QED) is 0.873. The van der Waals surface area contributed by atoms with E-state index in [1.807, 2.05) is 0 Å². The summed E-state index contributed by atoms with van der Waals surface area (Å²) in [5.74, 6) is 1.13. The van der Waals surface area contributed by atoms with Gasteiger partial charge in [0.1, 0.15) is 12.2 Å². The van der Waals surface area contributed by atoms with Crippen molar-refractivity contribution >= 4 is 0 Å². The Kier molecular flexibility index (Phi) is 3.91. The van der Waals surface area contributed by atoms with Crippen LogP contribution in [-0.4, -0.2) is 45.4 Å². The molecule has 0 saturated carbocycles. The summed E-state index contributed by atoms with van der Waals surface area (Å²) < 4.78 is 8.25. The standard InChI is InChI=1S/C18H24N4O/c1-13-5-3-4-6-16(13)17-10-21(14(2)11-23-17)9-15-7-8-18-19-12-20-22(15)18/h3-6,12,14-15,17H,7-11H2,1-2H3. The number of fused-ring (bicyclic) bond motifs is 1. The van der Waals surface area contributed by atoms with Crippen molar-refractivity contribution < 1.29 is 4.74 Å². The van der Waals surface area contributed by atoms with E-state index in [9.17, 15) is 0 Å². The van der Waals surface area contributed by atoms with Crippen molar-refractivity contribution in [2.24, 2.45) is 0 Å². The molecule has 4 rings (SSSR count). The monoisotopic (exact) mass is 312 g/mol. The fraction of sp³-hybridized carbons (Fsp3) is 0.556. The van der Waals surface area contributed by atoms with E-state index in [-0.39, 0.29) is 6.10 Å². The second-order valence-corrected chi connectivity index (χ2v) is 6.79. The van der Waals surface area contributed by atoms with Crippen LogP contribution in [0.4, 0.5) is 0 Å². The summed E-state index contributed by atoms with van der Waals surface area (Å²) in [5, 5.41) is 4.41. The van der Waals surface area contributed by atoms with Crippen molar-refractivity contribution in [2.45, 2.75) is 44.9 Å². The third-order valence-corrected chi connectivity index (χ3v) is 5.24. The molecule has 1 saturated heterocycles. The fourth-order valence-corrected chi connectivity index (χ4v) is 3.81. The van der Waals surface area contributed by atoms with Crippen molar-refractivity contribution in [3.8, 4) is 0 Å². The minimum atomic E-state index is 0.170. The highest BCUT2D eigenvalue weighted by atomic mass is 16.5. The highest BCUT2D eigenvalue weighted by Gasteiger charge is 2.32. The van der Waals surface area contributed by atoms with Crippen molar-refractivity contribution in [1.82, 2.24) is 19.7 Å². The molecule has 1 aromatic carbocycles. The summed E-state index contributed by atoms with van der Waals surface area (Å²) in [6, 6.07) is 9.45. The van der Waals surface area contributed by atoms with E-state index >= 15 is 0 Å². The number of nitrogens with zero attached hydrogens (tertiary/aromatic N) is 4. The van der Waals surface area contributed by atoms with Gasteiger partial charge in [-0.3, -0.25) is 4.90 Å².